The van der Waals surface area contributed by atoms with Crippen molar-refractivity contribution in [2.45, 2.75) is 104 Å². The molecular formula is C44H81NO12. The third kappa shape index (κ3) is 42.0. The molecule has 0 aliphatic rings. The molecule has 0 saturated carbocycles. The first-order valence-corrected chi connectivity index (χ1v) is 22.0. The maximum absolute atomic E-state index is 11.1. The molecule has 0 aliphatic heterocycles. The fourth-order valence-corrected chi connectivity index (χ4v) is 5.54. The molecule has 57 heavy (non-hydrogen) atoms. The molecule has 0 aromatic heterocycles. The van der Waals surface area contributed by atoms with Gasteiger partial charge in [-0.3, -0.25) is 4.79 Å². The number of unbranched alkanes of at least 4 members (excludes halogenated alkanes) is 13. The number of hydrogen-bond acceptors (Lipinski definition) is 12. The Morgan fingerprint density at radius 3 is 0.930 bits per heavy atom. The molecular weight excluding hydrogens is 734 g/mol. The summed E-state index contributed by atoms with van der Waals surface area (Å²) in [4.78, 5) is 11.1. The summed E-state index contributed by atoms with van der Waals surface area (Å²) in [6.45, 7) is 15.0. The van der Waals surface area contributed by atoms with Crippen molar-refractivity contribution in [1.29, 1.82) is 0 Å². The molecule has 0 saturated heterocycles. The summed E-state index contributed by atoms with van der Waals surface area (Å²) in [7, 11) is 0. The van der Waals surface area contributed by atoms with Crippen LogP contribution in [0.4, 0.5) is 5.69 Å². The van der Waals surface area contributed by atoms with E-state index in [-0.39, 0.29) is 5.91 Å². The lowest BCUT2D eigenvalue weighted by atomic mass is 10.0. The number of amides is 1. The highest BCUT2D eigenvalue weighted by Gasteiger charge is 2.00. The molecule has 1 aromatic rings. The van der Waals surface area contributed by atoms with E-state index in [1.807, 2.05) is 0 Å². The van der Waals surface area contributed by atoms with Crippen LogP contribution < -0.4 is 10.1 Å². The van der Waals surface area contributed by atoms with Crippen LogP contribution in [-0.2, 0) is 52.2 Å². The molecule has 0 heterocycles. The molecule has 0 aliphatic carbocycles. The van der Waals surface area contributed by atoms with E-state index in [0.29, 0.717) is 132 Å². The van der Waals surface area contributed by atoms with Gasteiger partial charge in [-0.25, -0.2) is 0 Å². The fourth-order valence-electron chi connectivity index (χ4n) is 5.54. The van der Waals surface area contributed by atoms with Gasteiger partial charge in [-0.2, -0.15) is 0 Å². The minimum atomic E-state index is -0.106. The van der Waals surface area contributed by atoms with Gasteiger partial charge in [-0.15, -0.1) is 0 Å². The van der Waals surface area contributed by atoms with Crippen LogP contribution in [-0.4, -0.2) is 145 Å². The first kappa shape index (κ1) is 53.1. The van der Waals surface area contributed by atoms with Gasteiger partial charge in [0.25, 0.3) is 0 Å². The van der Waals surface area contributed by atoms with E-state index in [4.69, 9.17) is 52.1 Å². The van der Waals surface area contributed by atoms with Gasteiger partial charge in [0.2, 0.25) is 5.91 Å². The molecule has 1 N–H and O–H groups in total. The summed E-state index contributed by atoms with van der Waals surface area (Å²) in [5, 5.41) is 2.72. The normalized spacial score (nSPS) is 11.4. The van der Waals surface area contributed by atoms with Crippen LogP contribution in [0.3, 0.4) is 0 Å². The Morgan fingerprint density at radius 1 is 0.368 bits per heavy atom. The molecule has 334 valence electrons. The second-order valence-electron chi connectivity index (χ2n) is 13.8. The highest BCUT2D eigenvalue weighted by molar-refractivity contribution is 5.88. The Balaban J connectivity index is 1.63. The van der Waals surface area contributed by atoms with Gasteiger partial charge in [-0.1, -0.05) is 90.4 Å². The number of rotatable bonds is 47. The predicted octanol–water partition coefficient (Wildman–Crippen LogP) is 7.67. The maximum Gasteiger partial charge on any atom is 0.221 e. The Morgan fingerprint density at radius 2 is 0.632 bits per heavy atom. The summed E-state index contributed by atoms with van der Waals surface area (Å²) in [5.41, 5.74) is 0.734. The zero-order valence-electron chi connectivity index (χ0n) is 36.0. The number of benzene rings is 1. The van der Waals surface area contributed by atoms with Crippen LogP contribution in [0.2, 0.25) is 0 Å². The third-order valence-corrected chi connectivity index (χ3v) is 8.66. The van der Waals surface area contributed by atoms with Crippen molar-refractivity contribution in [3.63, 3.8) is 0 Å². The largest absolute Gasteiger partial charge is 0.491 e. The Hall–Kier alpha value is -1.91. The summed E-state index contributed by atoms with van der Waals surface area (Å²) < 4.78 is 61.0. The molecule has 0 fully saturated rings. The zero-order chi connectivity index (χ0) is 40.8. The SMILES string of the molecule is CCCCCCCCCCCCCCCCOCCOCCOCCOCCOCCOCCOCCOCCOCCOCCOc1ccc(NC(C)=O)cc1. The van der Waals surface area contributed by atoms with Crippen LogP contribution in [0, 0.1) is 0 Å². The lowest BCUT2D eigenvalue weighted by Crippen LogP contribution is -2.15. The van der Waals surface area contributed by atoms with Gasteiger partial charge in [0.15, 0.2) is 0 Å². The second-order valence-corrected chi connectivity index (χ2v) is 13.8. The van der Waals surface area contributed by atoms with E-state index in [2.05, 4.69) is 12.2 Å². The van der Waals surface area contributed by atoms with Crippen molar-refractivity contribution in [3.8, 4) is 5.75 Å². The van der Waals surface area contributed by atoms with E-state index in [9.17, 15) is 4.79 Å². The van der Waals surface area contributed by atoms with Gasteiger partial charge in [0, 0.05) is 19.2 Å². The highest BCUT2D eigenvalue weighted by Crippen LogP contribution is 2.16. The molecule has 13 nitrogen and oxygen atoms in total. The summed E-state index contributed by atoms with van der Waals surface area (Å²) in [6.07, 6.45) is 19.2. The average molecular weight is 816 g/mol. The van der Waals surface area contributed by atoms with Crippen molar-refractivity contribution in [3.05, 3.63) is 24.3 Å². The molecule has 13 heteroatoms. The molecule has 0 unspecified atom stereocenters. The molecule has 0 spiro atoms. The van der Waals surface area contributed by atoms with Crippen LogP contribution >= 0.6 is 0 Å². The zero-order valence-corrected chi connectivity index (χ0v) is 36.0. The van der Waals surface area contributed by atoms with Crippen LogP contribution in [0.25, 0.3) is 0 Å². The van der Waals surface area contributed by atoms with Gasteiger partial charge in [0.1, 0.15) is 12.4 Å². The standard InChI is InChI=1S/C44H81NO12/c1-3-4-5-6-7-8-9-10-11-12-13-14-15-16-21-47-22-23-48-24-25-49-26-27-50-28-29-51-30-31-52-32-33-53-34-35-54-36-37-55-38-39-56-40-41-57-44-19-17-43(18-20-44)45-42(2)46/h17-20H,3-16,21-41H2,1-2H3,(H,45,46). The third-order valence-electron chi connectivity index (χ3n) is 8.66. The Kier molecular flexibility index (Phi) is 42.1. The van der Waals surface area contributed by atoms with Crippen molar-refractivity contribution in [2.75, 3.05) is 144 Å². The van der Waals surface area contributed by atoms with Crippen molar-refractivity contribution in [1.82, 2.24) is 0 Å². The van der Waals surface area contributed by atoms with E-state index in [0.717, 1.165) is 24.5 Å². The smallest absolute Gasteiger partial charge is 0.221 e. The highest BCUT2D eigenvalue weighted by atomic mass is 16.6. The lowest BCUT2D eigenvalue weighted by molar-refractivity contribution is -0.114. The van der Waals surface area contributed by atoms with Crippen LogP contribution in [0.1, 0.15) is 104 Å². The van der Waals surface area contributed by atoms with Crippen LogP contribution in [0.5, 0.6) is 5.75 Å². The molecule has 1 aromatic carbocycles. The van der Waals surface area contributed by atoms with Gasteiger partial charge < -0.3 is 57.4 Å². The maximum atomic E-state index is 11.1. The first-order valence-electron chi connectivity index (χ1n) is 22.0. The fraction of sp³-hybridized carbons (Fsp3) is 0.841. The molecule has 1 amide bonds. The lowest BCUT2D eigenvalue weighted by Gasteiger charge is -2.09. The number of hydrogen-bond donors (Lipinski definition) is 1. The quantitative estimate of drug-likeness (QED) is 0.0648. The van der Waals surface area contributed by atoms with Crippen LogP contribution in [0.15, 0.2) is 24.3 Å². The van der Waals surface area contributed by atoms with E-state index >= 15 is 0 Å². The predicted molar refractivity (Wildman–Crippen MR) is 225 cm³/mol. The van der Waals surface area contributed by atoms with E-state index < -0.39 is 0 Å². The molecule has 0 bridgehead atoms. The molecule has 0 atom stereocenters. The van der Waals surface area contributed by atoms with Gasteiger partial charge in [-0.05, 0) is 30.7 Å². The van der Waals surface area contributed by atoms with E-state index in [1.54, 1.807) is 24.3 Å². The topological polar surface area (TPSA) is 131 Å². The first-order chi connectivity index (χ1) is 28.2. The average Bonchev–Trinajstić information content (AvgIpc) is 3.21. The summed E-state index contributed by atoms with van der Waals surface area (Å²) >= 11 is 0. The number of anilines is 1. The molecule has 1 rings (SSSR count). The number of nitrogens with one attached hydrogen (secondary N) is 1. The minimum Gasteiger partial charge on any atom is -0.491 e. The minimum absolute atomic E-state index is 0.106. The summed E-state index contributed by atoms with van der Waals surface area (Å²) in [5.74, 6) is 0.614. The Bertz CT molecular complexity index is 942. The van der Waals surface area contributed by atoms with E-state index in [1.165, 1.54) is 90.4 Å². The van der Waals surface area contributed by atoms with Crippen molar-refractivity contribution < 1.29 is 56.9 Å². The van der Waals surface area contributed by atoms with Crippen molar-refractivity contribution in [2.24, 2.45) is 0 Å². The second kappa shape index (κ2) is 45.2. The number of ether oxygens (including phenoxy) is 11. The number of carbonyl (C=O) groups excluding carboxylic acids is 1. The summed E-state index contributed by atoms with van der Waals surface area (Å²) in [6, 6.07) is 7.19. The Labute approximate surface area is 345 Å². The van der Waals surface area contributed by atoms with Gasteiger partial charge >= 0.3 is 0 Å². The monoisotopic (exact) mass is 816 g/mol. The number of carbonyl (C=O) groups is 1. The van der Waals surface area contributed by atoms with Gasteiger partial charge in [0.05, 0.1) is 126 Å². The van der Waals surface area contributed by atoms with Crippen molar-refractivity contribution >= 4 is 11.6 Å². The molecule has 0 radical (unpaired) electrons.